The van der Waals surface area contributed by atoms with Crippen LogP contribution < -0.4 is 10.2 Å². The number of anilines is 2. The normalized spacial score (nSPS) is 16.1. The number of hydrogen-bond acceptors (Lipinski definition) is 2. The first-order valence-corrected chi connectivity index (χ1v) is 7.45. The molecule has 0 radical (unpaired) electrons. The lowest BCUT2D eigenvalue weighted by Crippen LogP contribution is -2.30. The van der Waals surface area contributed by atoms with Crippen molar-refractivity contribution < 1.29 is 0 Å². The fourth-order valence-electron chi connectivity index (χ4n) is 2.72. The predicted molar refractivity (Wildman–Crippen MR) is 80.5 cm³/mol. The van der Waals surface area contributed by atoms with Crippen molar-refractivity contribution in [3.8, 4) is 0 Å². The van der Waals surface area contributed by atoms with E-state index in [2.05, 4.69) is 48.3 Å². The van der Waals surface area contributed by atoms with Crippen molar-refractivity contribution in [3.63, 3.8) is 0 Å². The van der Waals surface area contributed by atoms with Crippen molar-refractivity contribution in [2.45, 2.75) is 52.0 Å². The van der Waals surface area contributed by atoms with Crippen LogP contribution in [0.5, 0.6) is 0 Å². The number of piperidine rings is 1. The topological polar surface area (TPSA) is 15.3 Å². The van der Waals surface area contributed by atoms with Crippen LogP contribution in [0, 0.1) is 0 Å². The van der Waals surface area contributed by atoms with E-state index in [9.17, 15) is 0 Å². The van der Waals surface area contributed by atoms with Gasteiger partial charge in [-0.25, -0.2) is 0 Å². The molecule has 100 valence electrons. The first-order chi connectivity index (χ1) is 8.85. The third-order valence-corrected chi connectivity index (χ3v) is 3.95. The van der Waals surface area contributed by atoms with E-state index in [4.69, 9.17) is 0 Å². The summed E-state index contributed by atoms with van der Waals surface area (Å²) in [6.07, 6.45) is 6.42. The van der Waals surface area contributed by atoms with Gasteiger partial charge in [0.2, 0.25) is 0 Å². The van der Waals surface area contributed by atoms with Crippen LogP contribution in [0.3, 0.4) is 0 Å². The zero-order valence-electron chi connectivity index (χ0n) is 11.8. The highest BCUT2D eigenvalue weighted by Crippen LogP contribution is 2.29. The number of benzene rings is 1. The SMILES string of the molecule is CCC(CC)Nc1ccccc1N1CCCCC1. The third kappa shape index (κ3) is 3.18. The van der Waals surface area contributed by atoms with Gasteiger partial charge in [0.05, 0.1) is 11.4 Å². The fraction of sp³-hybridized carbons (Fsp3) is 0.625. The second-order valence-electron chi connectivity index (χ2n) is 5.22. The second kappa shape index (κ2) is 6.67. The molecule has 0 saturated carbocycles. The monoisotopic (exact) mass is 246 g/mol. The average molecular weight is 246 g/mol. The van der Waals surface area contributed by atoms with E-state index >= 15 is 0 Å². The Bertz CT molecular complexity index is 352. The molecule has 0 bridgehead atoms. The smallest absolute Gasteiger partial charge is 0.0602 e. The molecular formula is C16H26N2. The molecule has 18 heavy (non-hydrogen) atoms. The van der Waals surface area contributed by atoms with Crippen molar-refractivity contribution in [1.82, 2.24) is 0 Å². The largest absolute Gasteiger partial charge is 0.381 e. The Morgan fingerprint density at radius 3 is 2.39 bits per heavy atom. The van der Waals surface area contributed by atoms with Gasteiger partial charge in [-0.15, -0.1) is 0 Å². The molecular weight excluding hydrogens is 220 g/mol. The van der Waals surface area contributed by atoms with Crippen molar-refractivity contribution >= 4 is 11.4 Å². The maximum Gasteiger partial charge on any atom is 0.0602 e. The van der Waals surface area contributed by atoms with E-state index < -0.39 is 0 Å². The Hall–Kier alpha value is -1.18. The molecule has 2 rings (SSSR count). The molecule has 0 spiro atoms. The van der Waals surface area contributed by atoms with Gasteiger partial charge in [0.15, 0.2) is 0 Å². The maximum atomic E-state index is 3.70. The van der Waals surface area contributed by atoms with Crippen molar-refractivity contribution in [3.05, 3.63) is 24.3 Å². The van der Waals surface area contributed by atoms with Crippen LogP contribution in [0.4, 0.5) is 11.4 Å². The summed E-state index contributed by atoms with van der Waals surface area (Å²) in [5, 5.41) is 3.70. The maximum absolute atomic E-state index is 3.70. The number of nitrogens with zero attached hydrogens (tertiary/aromatic N) is 1. The Morgan fingerprint density at radius 2 is 1.72 bits per heavy atom. The lowest BCUT2D eigenvalue weighted by atomic mass is 10.1. The van der Waals surface area contributed by atoms with Crippen molar-refractivity contribution in [2.24, 2.45) is 0 Å². The summed E-state index contributed by atoms with van der Waals surface area (Å²) in [6.45, 7) is 6.93. The van der Waals surface area contributed by atoms with E-state index in [1.54, 1.807) is 0 Å². The van der Waals surface area contributed by atoms with Crippen LogP contribution in [0.25, 0.3) is 0 Å². The van der Waals surface area contributed by atoms with E-state index in [-0.39, 0.29) is 0 Å². The number of para-hydroxylation sites is 2. The lowest BCUT2D eigenvalue weighted by Gasteiger charge is -2.31. The van der Waals surface area contributed by atoms with E-state index in [0.29, 0.717) is 6.04 Å². The molecule has 1 saturated heterocycles. The van der Waals surface area contributed by atoms with Crippen molar-refractivity contribution in [2.75, 3.05) is 23.3 Å². The predicted octanol–water partition coefficient (Wildman–Crippen LogP) is 4.28. The third-order valence-electron chi connectivity index (χ3n) is 3.95. The molecule has 1 aliphatic rings. The standard InChI is InChI=1S/C16H26N2/c1-3-14(4-2)17-15-10-6-7-11-16(15)18-12-8-5-9-13-18/h6-7,10-11,14,17H,3-5,8-9,12-13H2,1-2H3. The van der Waals surface area contributed by atoms with Gasteiger partial charge >= 0.3 is 0 Å². The lowest BCUT2D eigenvalue weighted by molar-refractivity contribution is 0.577. The highest BCUT2D eigenvalue weighted by molar-refractivity contribution is 5.70. The molecule has 2 heteroatoms. The Kier molecular flexibility index (Phi) is 4.91. The van der Waals surface area contributed by atoms with Gasteiger partial charge < -0.3 is 10.2 Å². The fourth-order valence-corrected chi connectivity index (χ4v) is 2.72. The summed E-state index contributed by atoms with van der Waals surface area (Å²) >= 11 is 0. The molecule has 1 fully saturated rings. The zero-order chi connectivity index (χ0) is 12.8. The van der Waals surface area contributed by atoms with E-state index in [1.165, 1.54) is 56.6 Å². The summed E-state index contributed by atoms with van der Waals surface area (Å²) in [7, 11) is 0. The number of nitrogens with one attached hydrogen (secondary N) is 1. The molecule has 1 aromatic carbocycles. The molecule has 0 aliphatic carbocycles. The first-order valence-electron chi connectivity index (χ1n) is 7.45. The van der Waals surface area contributed by atoms with Crippen LogP contribution >= 0.6 is 0 Å². The van der Waals surface area contributed by atoms with Crippen LogP contribution in [0.1, 0.15) is 46.0 Å². The molecule has 1 aromatic rings. The molecule has 1 aliphatic heterocycles. The molecule has 2 nitrogen and oxygen atoms in total. The molecule has 0 amide bonds. The van der Waals surface area contributed by atoms with Crippen LogP contribution in [-0.2, 0) is 0 Å². The highest BCUT2D eigenvalue weighted by Gasteiger charge is 2.15. The molecule has 1 N–H and O–H groups in total. The minimum Gasteiger partial charge on any atom is -0.381 e. The second-order valence-corrected chi connectivity index (χ2v) is 5.22. The van der Waals surface area contributed by atoms with E-state index in [0.717, 1.165) is 0 Å². The van der Waals surface area contributed by atoms with Gasteiger partial charge in [-0.3, -0.25) is 0 Å². The average Bonchev–Trinajstić information content (AvgIpc) is 2.46. The van der Waals surface area contributed by atoms with E-state index in [1.807, 2.05) is 0 Å². The first kappa shape index (κ1) is 13.3. The molecule has 0 unspecified atom stereocenters. The summed E-state index contributed by atoms with van der Waals surface area (Å²) in [6, 6.07) is 9.37. The van der Waals surface area contributed by atoms with Gasteiger partial charge in [0.1, 0.15) is 0 Å². The quantitative estimate of drug-likeness (QED) is 0.834. The molecule has 0 aromatic heterocycles. The van der Waals surface area contributed by atoms with Gasteiger partial charge in [-0.2, -0.15) is 0 Å². The van der Waals surface area contributed by atoms with Gasteiger partial charge in [0, 0.05) is 19.1 Å². The Labute approximate surface area is 111 Å². The van der Waals surface area contributed by atoms with Gasteiger partial charge in [0.25, 0.3) is 0 Å². The van der Waals surface area contributed by atoms with Crippen molar-refractivity contribution in [1.29, 1.82) is 0 Å². The molecule has 1 heterocycles. The summed E-state index contributed by atoms with van der Waals surface area (Å²) in [5.74, 6) is 0. The van der Waals surface area contributed by atoms with Crippen LogP contribution in [-0.4, -0.2) is 19.1 Å². The summed E-state index contributed by atoms with van der Waals surface area (Å²) < 4.78 is 0. The Balaban J connectivity index is 2.13. The summed E-state index contributed by atoms with van der Waals surface area (Å²) in [5.41, 5.74) is 2.71. The van der Waals surface area contributed by atoms with Gasteiger partial charge in [-0.05, 0) is 44.2 Å². The number of hydrogen-bond donors (Lipinski definition) is 1. The Morgan fingerprint density at radius 1 is 1.06 bits per heavy atom. The number of rotatable bonds is 5. The summed E-state index contributed by atoms with van der Waals surface area (Å²) in [4.78, 5) is 2.54. The van der Waals surface area contributed by atoms with Gasteiger partial charge in [-0.1, -0.05) is 26.0 Å². The van der Waals surface area contributed by atoms with Crippen LogP contribution in [0.15, 0.2) is 24.3 Å². The minimum absolute atomic E-state index is 0.593. The zero-order valence-corrected chi connectivity index (χ0v) is 11.8. The minimum atomic E-state index is 0.593. The highest BCUT2D eigenvalue weighted by atomic mass is 15.1. The molecule has 0 atom stereocenters. The van der Waals surface area contributed by atoms with Crippen LogP contribution in [0.2, 0.25) is 0 Å².